The van der Waals surface area contributed by atoms with E-state index in [2.05, 4.69) is 36.7 Å². The molecule has 2 N–H and O–H groups in total. The van der Waals surface area contributed by atoms with E-state index < -0.39 is 0 Å². The van der Waals surface area contributed by atoms with E-state index in [4.69, 9.17) is 4.74 Å². The third kappa shape index (κ3) is 4.56. The fourth-order valence-electron chi connectivity index (χ4n) is 3.89. The molecule has 1 fully saturated rings. The highest BCUT2D eigenvalue weighted by Crippen LogP contribution is 2.28. The van der Waals surface area contributed by atoms with E-state index in [0.717, 1.165) is 47.2 Å². The van der Waals surface area contributed by atoms with Gasteiger partial charge in [0, 0.05) is 30.5 Å². The number of amidine groups is 1. The van der Waals surface area contributed by atoms with Crippen molar-refractivity contribution in [2.24, 2.45) is 4.99 Å². The minimum atomic E-state index is 0.495. The summed E-state index contributed by atoms with van der Waals surface area (Å²) >= 11 is 0. The summed E-state index contributed by atoms with van der Waals surface area (Å²) in [6.45, 7) is 5.46. The molecule has 1 aromatic heterocycles. The molecule has 9 nitrogen and oxygen atoms in total. The first kappa shape index (κ1) is 20.7. The first-order valence-electron chi connectivity index (χ1n) is 10.8. The van der Waals surface area contributed by atoms with Gasteiger partial charge in [-0.1, -0.05) is 6.07 Å². The van der Waals surface area contributed by atoms with Gasteiger partial charge in [-0.2, -0.15) is 5.26 Å². The summed E-state index contributed by atoms with van der Waals surface area (Å²) in [5, 5.41) is 14.9. The standard InChI is InChI=1S/C24H24N8O/c1-17-27-16-32(30-17)21-5-3-20(4-6-21)28-24-26-9-8-22(29-24)18-2-7-23(19(14-18)15-25)31-10-12-33-13-11-31/h2-9,14H,10-13,16H2,1H3,(H,27,30)(H,26,28,29). The lowest BCUT2D eigenvalue weighted by molar-refractivity contribution is 0.122. The van der Waals surface area contributed by atoms with Crippen LogP contribution in [0.1, 0.15) is 12.5 Å². The molecule has 3 aromatic rings. The highest BCUT2D eigenvalue weighted by Gasteiger charge is 2.16. The Morgan fingerprint density at radius 2 is 1.91 bits per heavy atom. The fraction of sp³-hybridized carbons (Fsp3) is 0.250. The molecule has 166 valence electrons. The van der Waals surface area contributed by atoms with Gasteiger partial charge in [0.1, 0.15) is 18.6 Å². The van der Waals surface area contributed by atoms with Gasteiger partial charge in [0.25, 0.3) is 0 Å². The Bertz CT molecular complexity index is 1210. The summed E-state index contributed by atoms with van der Waals surface area (Å²) in [5.74, 6) is 1.40. The number of anilines is 4. The average Bonchev–Trinajstić information content (AvgIpc) is 3.31. The van der Waals surface area contributed by atoms with E-state index in [1.807, 2.05) is 60.5 Å². The molecule has 2 aliphatic heterocycles. The maximum Gasteiger partial charge on any atom is 0.227 e. The molecule has 0 amide bonds. The fourth-order valence-corrected chi connectivity index (χ4v) is 3.89. The largest absolute Gasteiger partial charge is 0.378 e. The van der Waals surface area contributed by atoms with Crippen molar-refractivity contribution in [1.82, 2.24) is 15.4 Å². The van der Waals surface area contributed by atoms with Crippen LogP contribution in [0.4, 0.5) is 23.0 Å². The van der Waals surface area contributed by atoms with E-state index >= 15 is 0 Å². The highest BCUT2D eigenvalue weighted by molar-refractivity contribution is 5.83. The number of nitrogens with one attached hydrogen (secondary N) is 2. The maximum atomic E-state index is 9.72. The first-order valence-corrected chi connectivity index (χ1v) is 10.8. The molecule has 5 rings (SSSR count). The number of morpholine rings is 1. The number of benzene rings is 2. The van der Waals surface area contributed by atoms with Gasteiger partial charge in [0.05, 0.1) is 35.8 Å². The number of rotatable bonds is 5. The second kappa shape index (κ2) is 9.14. The van der Waals surface area contributed by atoms with E-state index in [9.17, 15) is 5.26 Å². The van der Waals surface area contributed by atoms with Crippen molar-refractivity contribution in [3.05, 3.63) is 60.3 Å². The third-order valence-electron chi connectivity index (χ3n) is 5.60. The van der Waals surface area contributed by atoms with Crippen molar-refractivity contribution >= 4 is 28.8 Å². The van der Waals surface area contributed by atoms with Crippen LogP contribution in [0.15, 0.2) is 59.7 Å². The highest BCUT2D eigenvalue weighted by atomic mass is 16.5. The molecule has 2 aliphatic rings. The van der Waals surface area contributed by atoms with Crippen LogP contribution in [-0.4, -0.2) is 48.8 Å². The number of nitrogens with zero attached hydrogens (tertiary/aromatic N) is 6. The lowest BCUT2D eigenvalue weighted by atomic mass is 10.1. The molecule has 0 aliphatic carbocycles. The van der Waals surface area contributed by atoms with Crippen LogP contribution < -0.4 is 20.7 Å². The lowest BCUT2D eigenvalue weighted by Crippen LogP contribution is -2.36. The first-order chi connectivity index (χ1) is 16.2. The van der Waals surface area contributed by atoms with Crippen LogP contribution in [0, 0.1) is 11.3 Å². The summed E-state index contributed by atoms with van der Waals surface area (Å²) in [5.41, 5.74) is 8.31. The van der Waals surface area contributed by atoms with Gasteiger partial charge in [0.2, 0.25) is 5.95 Å². The number of aliphatic imine (C=N–C) groups is 1. The smallest absolute Gasteiger partial charge is 0.227 e. The van der Waals surface area contributed by atoms with Gasteiger partial charge in [-0.05, 0) is 49.4 Å². The van der Waals surface area contributed by atoms with E-state index in [1.165, 1.54) is 0 Å². The van der Waals surface area contributed by atoms with Crippen LogP contribution in [0.25, 0.3) is 11.3 Å². The van der Waals surface area contributed by atoms with E-state index in [0.29, 0.717) is 31.4 Å². The molecular formula is C24H24N8O. The van der Waals surface area contributed by atoms with Crippen LogP contribution >= 0.6 is 0 Å². The third-order valence-corrected chi connectivity index (χ3v) is 5.60. The Balaban J connectivity index is 1.32. The van der Waals surface area contributed by atoms with Gasteiger partial charge in [0.15, 0.2) is 0 Å². The van der Waals surface area contributed by atoms with Crippen LogP contribution in [0.3, 0.4) is 0 Å². The Morgan fingerprint density at radius 1 is 1.09 bits per heavy atom. The second-order valence-electron chi connectivity index (χ2n) is 7.81. The zero-order valence-electron chi connectivity index (χ0n) is 18.3. The molecule has 2 aromatic carbocycles. The Hall–Kier alpha value is -4.16. The summed E-state index contributed by atoms with van der Waals surface area (Å²) in [4.78, 5) is 15.5. The Kier molecular flexibility index (Phi) is 5.74. The van der Waals surface area contributed by atoms with Crippen LogP contribution in [0.5, 0.6) is 0 Å². The van der Waals surface area contributed by atoms with Gasteiger partial charge < -0.3 is 15.0 Å². The van der Waals surface area contributed by atoms with Crippen molar-refractivity contribution in [2.45, 2.75) is 6.92 Å². The molecule has 9 heteroatoms. The Labute approximate surface area is 192 Å². The van der Waals surface area contributed by atoms with Crippen LogP contribution in [-0.2, 0) is 4.74 Å². The van der Waals surface area contributed by atoms with Crippen molar-refractivity contribution in [1.29, 1.82) is 5.26 Å². The van der Waals surface area contributed by atoms with Gasteiger partial charge in [-0.3, -0.25) is 10.4 Å². The predicted molar refractivity (Wildman–Crippen MR) is 129 cm³/mol. The molecule has 3 heterocycles. The topological polar surface area (TPSA) is 102 Å². The van der Waals surface area contributed by atoms with Crippen molar-refractivity contribution in [2.75, 3.05) is 48.2 Å². The minimum Gasteiger partial charge on any atom is -0.378 e. The normalized spacial score (nSPS) is 15.6. The second-order valence-corrected chi connectivity index (χ2v) is 7.81. The van der Waals surface area contributed by atoms with Crippen molar-refractivity contribution in [3.8, 4) is 17.3 Å². The number of hydrazine groups is 1. The summed E-state index contributed by atoms with van der Waals surface area (Å²) in [6.07, 6.45) is 1.72. The minimum absolute atomic E-state index is 0.495. The number of hydrogen-bond acceptors (Lipinski definition) is 9. The molecule has 0 radical (unpaired) electrons. The van der Waals surface area contributed by atoms with Crippen molar-refractivity contribution < 1.29 is 4.74 Å². The number of hydrogen-bond donors (Lipinski definition) is 2. The molecular weight excluding hydrogens is 416 g/mol. The molecule has 0 atom stereocenters. The average molecular weight is 441 g/mol. The summed E-state index contributed by atoms with van der Waals surface area (Å²) < 4.78 is 5.43. The van der Waals surface area contributed by atoms with Gasteiger partial charge in [-0.25, -0.2) is 15.0 Å². The van der Waals surface area contributed by atoms with E-state index in [-0.39, 0.29) is 0 Å². The summed E-state index contributed by atoms with van der Waals surface area (Å²) in [6, 6.07) is 18.0. The lowest BCUT2D eigenvalue weighted by Gasteiger charge is -2.29. The van der Waals surface area contributed by atoms with Crippen LogP contribution in [0.2, 0.25) is 0 Å². The van der Waals surface area contributed by atoms with Crippen molar-refractivity contribution in [3.63, 3.8) is 0 Å². The molecule has 0 saturated carbocycles. The quantitative estimate of drug-likeness (QED) is 0.623. The van der Waals surface area contributed by atoms with Gasteiger partial charge in [-0.15, -0.1) is 0 Å². The SMILES string of the molecule is CC1=NCN(c2ccc(Nc3nccc(-c4ccc(N5CCOCC5)c(C#N)c4)n3)cc2)N1. The molecule has 0 spiro atoms. The molecule has 0 bridgehead atoms. The number of nitriles is 1. The predicted octanol–water partition coefficient (Wildman–Crippen LogP) is 3.30. The number of ether oxygens (including phenoxy) is 1. The monoisotopic (exact) mass is 440 g/mol. The Morgan fingerprint density at radius 3 is 2.64 bits per heavy atom. The van der Waals surface area contributed by atoms with Gasteiger partial charge >= 0.3 is 0 Å². The number of aromatic nitrogens is 2. The molecule has 33 heavy (non-hydrogen) atoms. The molecule has 1 saturated heterocycles. The maximum absolute atomic E-state index is 9.72. The zero-order valence-corrected chi connectivity index (χ0v) is 18.3. The summed E-state index contributed by atoms with van der Waals surface area (Å²) in [7, 11) is 0. The van der Waals surface area contributed by atoms with E-state index in [1.54, 1.807) is 6.20 Å². The molecule has 0 unspecified atom stereocenters. The zero-order chi connectivity index (χ0) is 22.6.